The Kier molecular flexibility index (Phi) is 4.11. The molecular weight excluding hydrogens is 214 g/mol. The Hall–Kier alpha value is -1.15. The average Bonchev–Trinajstić information content (AvgIpc) is 2.53. The Labute approximate surface area is 103 Å². The molecule has 1 aliphatic rings. The molecule has 0 unspecified atom stereocenters. The van der Waals surface area contributed by atoms with Crippen LogP contribution in [0.2, 0.25) is 0 Å². The van der Waals surface area contributed by atoms with Crippen LogP contribution in [0.3, 0.4) is 0 Å². The lowest BCUT2D eigenvalue weighted by molar-refractivity contribution is 0.548. The fourth-order valence-corrected chi connectivity index (χ4v) is 2.20. The molecule has 1 nitrogen and oxygen atoms in total. The van der Waals surface area contributed by atoms with E-state index in [9.17, 15) is 0 Å². The molecule has 1 aromatic carbocycles. The lowest BCUT2D eigenvalue weighted by Crippen LogP contribution is -2.22. The Morgan fingerprint density at radius 1 is 1.06 bits per heavy atom. The highest BCUT2D eigenvalue weighted by molar-refractivity contribution is 7.80. The molecule has 1 heterocycles. The summed E-state index contributed by atoms with van der Waals surface area (Å²) >= 11 is 5.40. The third kappa shape index (κ3) is 3.17. The summed E-state index contributed by atoms with van der Waals surface area (Å²) < 4.78 is 0. The van der Waals surface area contributed by atoms with Gasteiger partial charge in [0.15, 0.2) is 0 Å². The van der Waals surface area contributed by atoms with Crippen LogP contribution in [0, 0.1) is 0 Å². The summed E-state index contributed by atoms with van der Waals surface area (Å²) in [5.41, 5.74) is 1.23. The molecule has 1 saturated heterocycles. The molecule has 84 valence electrons. The van der Waals surface area contributed by atoms with Crippen molar-refractivity contribution in [2.75, 3.05) is 6.54 Å². The van der Waals surface area contributed by atoms with Crippen LogP contribution in [-0.4, -0.2) is 16.4 Å². The fourth-order valence-electron chi connectivity index (χ4n) is 1.90. The highest BCUT2D eigenvalue weighted by atomic mass is 32.1. The van der Waals surface area contributed by atoms with Crippen LogP contribution >= 0.6 is 12.2 Å². The molecule has 2 rings (SSSR count). The van der Waals surface area contributed by atoms with Crippen molar-refractivity contribution in [1.29, 1.82) is 0 Å². The largest absolute Gasteiger partial charge is 0.343 e. The highest BCUT2D eigenvalue weighted by Crippen LogP contribution is 2.13. The van der Waals surface area contributed by atoms with Crippen LogP contribution in [0.15, 0.2) is 36.5 Å². The second kappa shape index (κ2) is 5.80. The molecule has 0 N–H and O–H groups in total. The maximum Gasteiger partial charge on any atom is 0.0818 e. The topological polar surface area (TPSA) is 3.24 Å². The van der Waals surface area contributed by atoms with Crippen molar-refractivity contribution in [1.82, 2.24) is 4.90 Å². The van der Waals surface area contributed by atoms with Crippen molar-refractivity contribution >= 4 is 23.3 Å². The zero-order chi connectivity index (χ0) is 11.2. The molecule has 0 saturated carbocycles. The first-order valence-corrected chi connectivity index (χ1v) is 6.30. The molecule has 0 radical (unpaired) electrons. The van der Waals surface area contributed by atoms with Gasteiger partial charge in [0.2, 0.25) is 0 Å². The molecule has 1 aromatic rings. The predicted octanol–water partition coefficient (Wildman–Crippen LogP) is 3.86. The van der Waals surface area contributed by atoms with E-state index in [-0.39, 0.29) is 0 Å². The lowest BCUT2D eigenvalue weighted by Gasteiger charge is -2.17. The van der Waals surface area contributed by atoms with E-state index in [1.165, 1.54) is 24.8 Å². The van der Waals surface area contributed by atoms with Crippen LogP contribution < -0.4 is 0 Å². The van der Waals surface area contributed by atoms with Crippen molar-refractivity contribution in [3.05, 3.63) is 42.1 Å². The van der Waals surface area contributed by atoms with E-state index in [2.05, 4.69) is 41.4 Å². The van der Waals surface area contributed by atoms with Gasteiger partial charge in [-0.1, -0.05) is 49.0 Å². The zero-order valence-corrected chi connectivity index (χ0v) is 10.2. The minimum Gasteiger partial charge on any atom is -0.343 e. The van der Waals surface area contributed by atoms with Crippen molar-refractivity contribution in [2.45, 2.75) is 25.7 Å². The van der Waals surface area contributed by atoms with Crippen LogP contribution in [0.4, 0.5) is 0 Å². The highest BCUT2D eigenvalue weighted by Gasteiger charge is 2.09. The van der Waals surface area contributed by atoms with Gasteiger partial charge in [0.25, 0.3) is 0 Å². The summed E-state index contributed by atoms with van der Waals surface area (Å²) in [6, 6.07) is 10.4. The second-order valence-electron chi connectivity index (χ2n) is 4.12. The maximum absolute atomic E-state index is 5.40. The molecular formula is C14H17NS. The van der Waals surface area contributed by atoms with Gasteiger partial charge in [0.05, 0.1) is 4.99 Å². The molecule has 0 amide bonds. The molecule has 0 spiro atoms. The first-order chi connectivity index (χ1) is 7.86. The van der Waals surface area contributed by atoms with Crippen LogP contribution in [-0.2, 0) is 0 Å². The minimum atomic E-state index is 1.06. The second-order valence-corrected chi connectivity index (χ2v) is 4.60. The fraction of sp³-hybridized carbons (Fsp3) is 0.357. The molecule has 0 aromatic heterocycles. The van der Waals surface area contributed by atoms with Crippen LogP contribution in [0.25, 0.3) is 6.08 Å². The van der Waals surface area contributed by atoms with Gasteiger partial charge in [-0.15, -0.1) is 0 Å². The van der Waals surface area contributed by atoms with Gasteiger partial charge in [-0.25, -0.2) is 0 Å². The Balaban J connectivity index is 2.02. The molecule has 1 aliphatic heterocycles. The summed E-state index contributed by atoms with van der Waals surface area (Å²) in [6.45, 7) is 1.07. The quantitative estimate of drug-likeness (QED) is 0.711. The van der Waals surface area contributed by atoms with Gasteiger partial charge in [-0.3, -0.25) is 0 Å². The monoisotopic (exact) mass is 231 g/mol. The summed E-state index contributed by atoms with van der Waals surface area (Å²) in [5.74, 6) is 0. The Bertz CT molecular complexity index is 370. The Morgan fingerprint density at radius 3 is 2.69 bits per heavy atom. The number of rotatable bonds is 2. The number of thiocarbonyl (C=S) groups is 1. The number of benzene rings is 1. The van der Waals surface area contributed by atoms with Crippen molar-refractivity contribution in [3.8, 4) is 0 Å². The first-order valence-electron chi connectivity index (χ1n) is 5.89. The van der Waals surface area contributed by atoms with E-state index in [1.54, 1.807) is 0 Å². The molecule has 0 atom stereocenters. The Morgan fingerprint density at radius 2 is 1.88 bits per heavy atom. The maximum atomic E-state index is 5.40. The van der Waals surface area contributed by atoms with E-state index in [0.29, 0.717) is 0 Å². The number of likely N-dealkylation sites (tertiary alicyclic amines) is 1. The van der Waals surface area contributed by atoms with Crippen molar-refractivity contribution in [3.63, 3.8) is 0 Å². The molecule has 0 bridgehead atoms. The van der Waals surface area contributed by atoms with E-state index >= 15 is 0 Å². The van der Waals surface area contributed by atoms with Gasteiger partial charge in [0.1, 0.15) is 0 Å². The smallest absolute Gasteiger partial charge is 0.0818 e. The van der Waals surface area contributed by atoms with Gasteiger partial charge in [0, 0.05) is 12.7 Å². The van der Waals surface area contributed by atoms with Crippen LogP contribution in [0.1, 0.15) is 31.2 Å². The zero-order valence-electron chi connectivity index (χ0n) is 9.43. The molecule has 0 aliphatic carbocycles. The summed E-state index contributed by atoms with van der Waals surface area (Å²) in [5, 5.41) is 0. The number of hydrogen-bond donors (Lipinski definition) is 0. The van der Waals surface area contributed by atoms with Gasteiger partial charge in [-0.2, -0.15) is 0 Å². The number of nitrogens with zero attached hydrogens (tertiary/aromatic N) is 1. The van der Waals surface area contributed by atoms with E-state index in [0.717, 1.165) is 18.0 Å². The van der Waals surface area contributed by atoms with Gasteiger partial charge < -0.3 is 4.90 Å². The third-order valence-electron chi connectivity index (χ3n) is 2.86. The summed E-state index contributed by atoms with van der Waals surface area (Å²) in [6.07, 6.45) is 9.12. The standard InChI is InChI=1S/C14H17NS/c16-14-9-5-2-6-11-15(14)12-10-13-7-3-1-4-8-13/h1,3-4,7-8,10,12H,2,5-6,9,11H2/b12-10+. The number of hydrogen-bond acceptors (Lipinski definition) is 1. The third-order valence-corrected chi connectivity index (χ3v) is 3.30. The van der Waals surface area contributed by atoms with Gasteiger partial charge >= 0.3 is 0 Å². The minimum absolute atomic E-state index is 1.06. The summed E-state index contributed by atoms with van der Waals surface area (Å²) in [4.78, 5) is 3.31. The SMILES string of the molecule is S=C1CCCCCN1/C=C/c1ccccc1. The normalized spacial score (nSPS) is 17.8. The van der Waals surface area contributed by atoms with E-state index in [1.807, 2.05) is 6.07 Å². The lowest BCUT2D eigenvalue weighted by atomic mass is 10.2. The van der Waals surface area contributed by atoms with E-state index < -0.39 is 0 Å². The molecule has 2 heteroatoms. The molecule has 16 heavy (non-hydrogen) atoms. The van der Waals surface area contributed by atoms with E-state index in [4.69, 9.17) is 12.2 Å². The molecule has 1 fully saturated rings. The first kappa shape index (κ1) is 11.3. The average molecular weight is 231 g/mol. The van der Waals surface area contributed by atoms with Crippen molar-refractivity contribution < 1.29 is 0 Å². The van der Waals surface area contributed by atoms with Crippen LogP contribution in [0.5, 0.6) is 0 Å². The summed E-state index contributed by atoms with van der Waals surface area (Å²) in [7, 11) is 0. The van der Waals surface area contributed by atoms with Crippen molar-refractivity contribution in [2.24, 2.45) is 0 Å². The predicted molar refractivity (Wildman–Crippen MR) is 73.2 cm³/mol. The van der Waals surface area contributed by atoms with Gasteiger partial charge in [-0.05, 0) is 30.9 Å².